The van der Waals surface area contributed by atoms with Crippen LogP contribution in [0.5, 0.6) is 5.75 Å². The molecule has 0 bridgehead atoms. The van der Waals surface area contributed by atoms with Crippen molar-refractivity contribution >= 4 is 12.0 Å². The molecule has 6 heteroatoms. The fourth-order valence-corrected chi connectivity index (χ4v) is 2.47. The van der Waals surface area contributed by atoms with Gasteiger partial charge in [-0.1, -0.05) is 29.8 Å². The third-order valence-corrected chi connectivity index (χ3v) is 3.85. The van der Waals surface area contributed by atoms with E-state index >= 15 is 0 Å². The molecule has 0 saturated carbocycles. The molecule has 2 aromatic carbocycles. The number of aromatic carboxylic acids is 1. The zero-order valence-electron chi connectivity index (χ0n) is 14.5. The van der Waals surface area contributed by atoms with Crippen molar-refractivity contribution in [3.05, 3.63) is 64.7 Å². The van der Waals surface area contributed by atoms with Gasteiger partial charge in [-0.2, -0.15) is 0 Å². The largest absolute Gasteiger partial charge is 0.496 e. The number of methoxy groups -OCH3 is 1. The number of rotatable bonds is 6. The molecular weight excluding hydrogens is 320 g/mol. The average molecular weight is 342 g/mol. The molecule has 6 nitrogen and oxygen atoms in total. The Hall–Kier alpha value is -3.02. The van der Waals surface area contributed by atoms with Crippen molar-refractivity contribution in [1.29, 1.82) is 0 Å². The second-order valence-electron chi connectivity index (χ2n) is 5.80. The Labute approximate surface area is 146 Å². The van der Waals surface area contributed by atoms with Crippen LogP contribution in [0.25, 0.3) is 0 Å². The van der Waals surface area contributed by atoms with E-state index in [0.29, 0.717) is 6.54 Å². The van der Waals surface area contributed by atoms with Crippen LogP contribution < -0.4 is 15.4 Å². The van der Waals surface area contributed by atoms with E-state index < -0.39 is 5.97 Å². The summed E-state index contributed by atoms with van der Waals surface area (Å²) in [7, 11) is 1.60. The zero-order chi connectivity index (χ0) is 18.4. The first-order chi connectivity index (χ1) is 11.9. The van der Waals surface area contributed by atoms with Gasteiger partial charge in [0.1, 0.15) is 5.75 Å². The Bertz CT molecular complexity index is 757. The van der Waals surface area contributed by atoms with Gasteiger partial charge in [-0.05, 0) is 37.6 Å². The lowest BCUT2D eigenvalue weighted by molar-refractivity contribution is 0.0697. The lowest BCUT2D eigenvalue weighted by Crippen LogP contribution is -2.36. The minimum Gasteiger partial charge on any atom is -0.496 e. The van der Waals surface area contributed by atoms with Crippen molar-refractivity contribution in [2.75, 3.05) is 7.11 Å². The SMILES string of the molecule is COc1ccc(C)cc1C(C)NC(=O)NCc1ccc(C(=O)O)cc1. The van der Waals surface area contributed by atoms with Crippen molar-refractivity contribution < 1.29 is 19.4 Å². The highest BCUT2D eigenvalue weighted by molar-refractivity contribution is 5.87. The van der Waals surface area contributed by atoms with Crippen molar-refractivity contribution in [2.24, 2.45) is 0 Å². The molecule has 0 aliphatic rings. The smallest absolute Gasteiger partial charge is 0.335 e. The number of benzene rings is 2. The van der Waals surface area contributed by atoms with Gasteiger partial charge in [-0.25, -0.2) is 9.59 Å². The molecule has 3 N–H and O–H groups in total. The van der Waals surface area contributed by atoms with Gasteiger partial charge in [0.05, 0.1) is 18.7 Å². The monoisotopic (exact) mass is 342 g/mol. The van der Waals surface area contributed by atoms with E-state index in [-0.39, 0.29) is 17.6 Å². The van der Waals surface area contributed by atoms with Gasteiger partial charge in [0.2, 0.25) is 0 Å². The normalized spacial score (nSPS) is 11.5. The molecule has 0 radical (unpaired) electrons. The summed E-state index contributed by atoms with van der Waals surface area (Å²) in [6.07, 6.45) is 0. The van der Waals surface area contributed by atoms with Gasteiger partial charge in [0.25, 0.3) is 0 Å². The summed E-state index contributed by atoms with van der Waals surface area (Å²) in [5, 5.41) is 14.5. The third kappa shape index (κ3) is 4.97. The molecule has 2 amide bonds. The second-order valence-corrected chi connectivity index (χ2v) is 5.80. The molecule has 2 aromatic rings. The van der Waals surface area contributed by atoms with Crippen molar-refractivity contribution in [2.45, 2.75) is 26.4 Å². The Morgan fingerprint density at radius 1 is 1.16 bits per heavy atom. The molecule has 0 fully saturated rings. The van der Waals surface area contributed by atoms with E-state index in [1.54, 1.807) is 19.2 Å². The maximum atomic E-state index is 12.1. The summed E-state index contributed by atoms with van der Waals surface area (Å²) in [6.45, 7) is 4.18. The predicted octanol–water partition coefficient (Wildman–Crippen LogP) is 3.26. The fraction of sp³-hybridized carbons (Fsp3) is 0.263. The van der Waals surface area contributed by atoms with Gasteiger partial charge < -0.3 is 20.5 Å². The molecular formula is C19H22N2O4. The highest BCUT2D eigenvalue weighted by Crippen LogP contribution is 2.25. The Morgan fingerprint density at radius 3 is 2.44 bits per heavy atom. The first kappa shape index (κ1) is 18.3. The number of amides is 2. The number of hydrogen-bond acceptors (Lipinski definition) is 3. The number of carboxylic acid groups (broad SMARTS) is 1. The molecule has 1 unspecified atom stereocenters. The van der Waals surface area contributed by atoms with E-state index in [0.717, 1.165) is 22.4 Å². The zero-order valence-corrected chi connectivity index (χ0v) is 14.5. The lowest BCUT2D eigenvalue weighted by atomic mass is 10.0. The lowest BCUT2D eigenvalue weighted by Gasteiger charge is -2.18. The van der Waals surface area contributed by atoms with E-state index in [2.05, 4.69) is 10.6 Å². The summed E-state index contributed by atoms with van der Waals surface area (Å²) in [5.41, 5.74) is 3.03. The summed E-state index contributed by atoms with van der Waals surface area (Å²) >= 11 is 0. The van der Waals surface area contributed by atoms with Crippen LogP contribution in [-0.2, 0) is 6.54 Å². The van der Waals surface area contributed by atoms with Gasteiger partial charge >= 0.3 is 12.0 Å². The Kier molecular flexibility index (Phi) is 6.00. The minimum absolute atomic E-state index is 0.216. The number of nitrogens with one attached hydrogen (secondary N) is 2. The van der Waals surface area contributed by atoms with E-state index in [9.17, 15) is 9.59 Å². The van der Waals surface area contributed by atoms with Crippen molar-refractivity contribution in [3.63, 3.8) is 0 Å². The van der Waals surface area contributed by atoms with Crippen LogP contribution in [-0.4, -0.2) is 24.2 Å². The molecule has 0 aromatic heterocycles. The highest BCUT2D eigenvalue weighted by Gasteiger charge is 2.14. The second kappa shape index (κ2) is 8.19. The van der Waals surface area contributed by atoms with Crippen molar-refractivity contribution in [3.8, 4) is 5.75 Å². The van der Waals surface area contributed by atoms with Crippen LogP contribution in [0.15, 0.2) is 42.5 Å². The van der Waals surface area contributed by atoms with Gasteiger partial charge in [-0.3, -0.25) is 0 Å². The predicted molar refractivity (Wildman–Crippen MR) is 94.9 cm³/mol. The van der Waals surface area contributed by atoms with Crippen LogP contribution in [0.3, 0.4) is 0 Å². The highest BCUT2D eigenvalue weighted by atomic mass is 16.5. The maximum Gasteiger partial charge on any atom is 0.335 e. The number of hydrogen-bond donors (Lipinski definition) is 3. The van der Waals surface area contributed by atoms with Crippen LogP contribution in [0.2, 0.25) is 0 Å². The molecule has 0 aliphatic heterocycles. The minimum atomic E-state index is -0.974. The van der Waals surface area contributed by atoms with Crippen LogP contribution in [0.4, 0.5) is 4.79 Å². The first-order valence-electron chi connectivity index (χ1n) is 7.92. The standard InChI is InChI=1S/C19H22N2O4/c1-12-4-9-17(25-3)16(10-12)13(2)21-19(24)20-11-14-5-7-15(8-6-14)18(22)23/h4-10,13H,11H2,1-3H3,(H,22,23)(H2,20,21,24). The summed E-state index contributed by atoms with van der Waals surface area (Å²) in [4.78, 5) is 22.9. The van der Waals surface area contributed by atoms with Crippen LogP contribution >= 0.6 is 0 Å². The molecule has 0 aliphatic carbocycles. The number of carbonyl (C=O) groups excluding carboxylic acids is 1. The maximum absolute atomic E-state index is 12.1. The summed E-state index contributed by atoms with van der Waals surface area (Å²) in [6, 6.07) is 11.7. The number of aryl methyl sites for hydroxylation is 1. The Morgan fingerprint density at radius 2 is 1.84 bits per heavy atom. The molecule has 0 heterocycles. The fourth-order valence-electron chi connectivity index (χ4n) is 2.47. The van der Waals surface area contributed by atoms with Crippen molar-refractivity contribution in [1.82, 2.24) is 10.6 Å². The van der Waals surface area contributed by atoms with E-state index in [1.807, 2.05) is 32.0 Å². The summed E-state index contributed by atoms with van der Waals surface area (Å²) < 4.78 is 5.34. The molecule has 2 rings (SSSR count). The van der Waals surface area contributed by atoms with Gasteiger partial charge in [0.15, 0.2) is 0 Å². The van der Waals surface area contributed by atoms with Crippen LogP contribution in [0, 0.1) is 6.92 Å². The molecule has 1 atom stereocenters. The number of carbonyl (C=O) groups is 2. The van der Waals surface area contributed by atoms with Gasteiger partial charge in [-0.15, -0.1) is 0 Å². The van der Waals surface area contributed by atoms with Crippen LogP contribution in [0.1, 0.15) is 40.0 Å². The van der Waals surface area contributed by atoms with E-state index in [4.69, 9.17) is 9.84 Å². The van der Waals surface area contributed by atoms with E-state index in [1.165, 1.54) is 12.1 Å². The topological polar surface area (TPSA) is 87.7 Å². The quantitative estimate of drug-likeness (QED) is 0.752. The number of ether oxygens (including phenoxy) is 1. The first-order valence-corrected chi connectivity index (χ1v) is 7.92. The Balaban J connectivity index is 1.93. The summed E-state index contributed by atoms with van der Waals surface area (Å²) in [5.74, 6) is -0.249. The number of urea groups is 1. The molecule has 0 saturated heterocycles. The molecule has 25 heavy (non-hydrogen) atoms. The number of carboxylic acids is 1. The van der Waals surface area contributed by atoms with Gasteiger partial charge in [0, 0.05) is 12.1 Å². The average Bonchev–Trinajstić information content (AvgIpc) is 2.60. The molecule has 132 valence electrons. The third-order valence-electron chi connectivity index (χ3n) is 3.85. The molecule has 0 spiro atoms.